The molecular formula is C61H38F6N4S. The van der Waals surface area contributed by atoms with Crippen molar-refractivity contribution >= 4 is 53.3 Å². The SMILES string of the molecule is Cc1ccc(-c2ccc3c4ccc(-c5ccc(C(F)(F)F)cc5C)cc4n(-c4ccc(-c5ccc6sc7ccccc7c6c5)cc4-c4nc(-c5ccccc5)nc(-c5ccccc5)n4)c3c2)c(C(F)(F)F)c1. The number of aromatic nitrogens is 4. The lowest BCUT2D eigenvalue weighted by Gasteiger charge is -2.18. The van der Waals surface area contributed by atoms with Gasteiger partial charge in [0.05, 0.1) is 27.8 Å². The van der Waals surface area contributed by atoms with Gasteiger partial charge in [0, 0.05) is 47.6 Å². The maximum absolute atomic E-state index is 14.9. The van der Waals surface area contributed by atoms with Gasteiger partial charge in [0.2, 0.25) is 0 Å². The first-order valence-electron chi connectivity index (χ1n) is 23.1. The molecular weight excluding hydrogens is 935 g/mol. The summed E-state index contributed by atoms with van der Waals surface area (Å²) in [6.07, 6.45) is -9.16. The molecule has 0 aliphatic rings. The van der Waals surface area contributed by atoms with E-state index in [9.17, 15) is 26.3 Å². The van der Waals surface area contributed by atoms with Gasteiger partial charge in [0.1, 0.15) is 0 Å². The molecule has 11 heteroatoms. The van der Waals surface area contributed by atoms with E-state index in [1.165, 1.54) is 16.8 Å². The normalized spacial score (nSPS) is 12.2. The summed E-state index contributed by atoms with van der Waals surface area (Å²) < 4.78 is 90.7. The second-order valence-electron chi connectivity index (χ2n) is 18.0. The third-order valence-electron chi connectivity index (χ3n) is 13.3. The van der Waals surface area contributed by atoms with Crippen molar-refractivity contribution in [3.8, 4) is 73.2 Å². The number of halogens is 6. The third-order valence-corrected chi connectivity index (χ3v) is 14.5. The number of hydrogen-bond donors (Lipinski definition) is 0. The summed E-state index contributed by atoms with van der Waals surface area (Å²) in [4.78, 5) is 15.4. The van der Waals surface area contributed by atoms with Crippen molar-refractivity contribution in [3.05, 3.63) is 216 Å². The van der Waals surface area contributed by atoms with Crippen molar-refractivity contribution in [2.45, 2.75) is 26.2 Å². The zero-order valence-electron chi connectivity index (χ0n) is 38.4. The summed E-state index contributed by atoms with van der Waals surface area (Å²) >= 11 is 1.73. The van der Waals surface area contributed by atoms with E-state index in [0.29, 0.717) is 67.6 Å². The number of benzene rings is 9. The fourth-order valence-corrected chi connectivity index (χ4v) is 10.9. The van der Waals surface area contributed by atoms with E-state index >= 15 is 0 Å². The maximum Gasteiger partial charge on any atom is 0.417 e. The van der Waals surface area contributed by atoms with E-state index in [2.05, 4.69) is 36.4 Å². The van der Waals surface area contributed by atoms with Crippen LogP contribution in [0.1, 0.15) is 22.3 Å². The van der Waals surface area contributed by atoms with Crippen LogP contribution in [0.15, 0.2) is 194 Å². The first-order valence-corrected chi connectivity index (χ1v) is 23.9. The van der Waals surface area contributed by atoms with Gasteiger partial charge in [-0.05, 0) is 113 Å². The van der Waals surface area contributed by atoms with Gasteiger partial charge in [-0.15, -0.1) is 11.3 Å². The molecule has 12 rings (SSSR count). The number of thiophene rings is 1. The summed E-state index contributed by atoms with van der Waals surface area (Å²) in [6.45, 7) is 3.29. The van der Waals surface area contributed by atoms with Gasteiger partial charge in [-0.1, -0.05) is 139 Å². The molecule has 4 nitrogen and oxygen atoms in total. The van der Waals surface area contributed by atoms with Crippen LogP contribution < -0.4 is 0 Å². The quantitative estimate of drug-likeness (QED) is 0.150. The molecule has 0 fully saturated rings. The molecule has 3 aromatic heterocycles. The molecule has 0 bridgehead atoms. The Labute approximate surface area is 413 Å². The van der Waals surface area contributed by atoms with Crippen molar-refractivity contribution < 1.29 is 26.3 Å². The van der Waals surface area contributed by atoms with Crippen molar-refractivity contribution in [2.75, 3.05) is 0 Å². The molecule has 0 saturated heterocycles. The fourth-order valence-electron chi connectivity index (χ4n) is 9.85. The maximum atomic E-state index is 14.9. The van der Waals surface area contributed by atoms with Gasteiger partial charge >= 0.3 is 12.4 Å². The van der Waals surface area contributed by atoms with Crippen LogP contribution in [0.4, 0.5) is 26.3 Å². The van der Waals surface area contributed by atoms with E-state index in [0.717, 1.165) is 66.7 Å². The summed E-state index contributed by atoms with van der Waals surface area (Å²) in [7, 11) is 0. The highest BCUT2D eigenvalue weighted by atomic mass is 32.1. The molecule has 350 valence electrons. The van der Waals surface area contributed by atoms with Crippen LogP contribution >= 0.6 is 11.3 Å². The minimum atomic E-state index is -4.63. The Morgan fingerprint density at radius 2 is 0.944 bits per heavy atom. The van der Waals surface area contributed by atoms with Gasteiger partial charge in [-0.25, -0.2) is 15.0 Å². The highest BCUT2D eigenvalue weighted by Crippen LogP contribution is 2.45. The summed E-state index contributed by atoms with van der Waals surface area (Å²) in [6, 6.07) is 59.2. The van der Waals surface area contributed by atoms with Gasteiger partial charge < -0.3 is 4.57 Å². The molecule has 0 radical (unpaired) electrons. The second-order valence-corrected chi connectivity index (χ2v) is 19.0. The van der Waals surface area contributed by atoms with Crippen LogP contribution in [-0.2, 0) is 12.4 Å². The molecule has 0 atom stereocenters. The van der Waals surface area contributed by atoms with E-state index in [1.54, 1.807) is 43.4 Å². The lowest BCUT2D eigenvalue weighted by Crippen LogP contribution is -2.07. The Hall–Kier alpha value is -8.41. The molecule has 72 heavy (non-hydrogen) atoms. The minimum absolute atomic E-state index is 0.0252. The largest absolute Gasteiger partial charge is 0.417 e. The summed E-state index contributed by atoms with van der Waals surface area (Å²) in [5.74, 6) is 1.22. The van der Waals surface area contributed by atoms with Crippen LogP contribution in [-0.4, -0.2) is 19.5 Å². The molecule has 0 N–H and O–H groups in total. The molecule has 3 heterocycles. The Morgan fingerprint density at radius 3 is 1.58 bits per heavy atom. The Bertz CT molecular complexity index is 4040. The topological polar surface area (TPSA) is 43.6 Å². The molecule has 12 aromatic rings. The molecule has 0 amide bonds. The Balaban J connectivity index is 1.17. The molecule has 0 aliphatic carbocycles. The highest BCUT2D eigenvalue weighted by molar-refractivity contribution is 7.25. The van der Waals surface area contributed by atoms with Crippen molar-refractivity contribution in [1.82, 2.24) is 19.5 Å². The molecule has 0 saturated carbocycles. The number of aryl methyl sites for hydroxylation is 2. The monoisotopic (exact) mass is 972 g/mol. The lowest BCUT2D eigenvalue weighted by molar-refractivity contribution is -0.138. The first kappa shape index (κ1) is 44.8. The fraction of sp³-hybridized carbons (Fsp3) is 0.0656. The Morgan fingerprint density at radius 1 is 0.389 bits per heavy atom. The molecule has 9 aromatic carbocycles. The van der Waals surface area contributed by atoms with Crippen molar-refractivity contribution in [2.24, 2.45) is 0 Å². The predicted molar refractivity (Wildman–Crippen MR) is 279 cm³/mol. The number of alkyl halides is 6. The van der Waals surface area contributed by atoms with Gasteiger partial charge in [-0.2, -0.15) is 26.3 Å². The number of hydrogen-bond acceptors (Lipinski definition) is 4. The minimum Gasteiger partial charge on any atom is -0.308 e. The highest BCUT2D eigenvalue weighted by Gasteiger charge is 2.34. The van der Waals surface area contributed by atoms with Crippen LogP contribution in [0.3, 0.4) is 0 Å². The zero-order valence-corrected chi connectivity index (χ0v) is 39.3. The average molecular weight is 973 g/mol. The first-order chi connectivity index (χ1) is 34.7. The van der Waals surface area contributed by atoms with Crippen molar-refractivity contribution in [3.63, 3.8) is 0 Å². The average Bonchev–Trinajstić information content (AvgIpc) is 3.93. The van der Waals surface area contributed by atoms with Gasteiger partial charge in [0.25, 0.3) is 0 Å². The summed E-state index contributed by atoms with van der Waals surface area (Å²) in [5, 5.41) is 3.80. The number of nitrogens with zero attached hydrogens (tertiary/aromatic N) is 4. The standard InChI is InChI=1S/C61H38F6N4S/c1-35-17-23-45(51(29-35)61(65,66)67)42-19-25-47-46-24-18-41(44-26-22-43(30-36(44)2)60(62,63)64)33-53(46)71(54(47)34-42)52-27-20-39(40-21-28-56-49(31-40)48-15-9-10-16-55(48)72-56)32-50(52)59-69-57(37-11-5-3-6-12-37)68-58(70-59)38-13-7-4-8-14-38/h3-34H,1-2H3. The smallest absolute Gasteiger partial charge is 0.308 e. The molecule has 0 spiro atoms. The predicted octanol–water partition coefficient (Wildman–Crippen LogP) is 18.0. The van der Waals surface area contributed by atoms with E-state index in [1.807, 2.05) is 114 Å². The van der Waals surface area contributed by atoms with Gasteiger partial charge in [-0.3, -0.25) is 0 Å². The van der Waals surface area contributed by atoms with E-state index in [-0.39, 0.29) is 5.56 Å². The number of rotatable bonds is 7. The summed E-state index contributed by atoms with van der Waals surface area (Å²) in [5.41, 5.74) is 6.86. The Kier molecular flexibility index (Phi) is 10.7. The van der Waals surface area contributed by atoms with Crippen LogP contribution in [0, 0.1) is 13.8 Å². The molecule has 0 aliphatic heterocycles. The van der Waals surface area contributed by atoms with Crippen LogP contribution in [0.25, 0.3) is 115 Å². The van der Waals surface area contributed by atoms with E-state index < -0.39 is 23.5 Å². The van der Waals surface area contributed by atoms with Crippen molar-refractivity contribution in [1.29, 1.82) is 0 Å². The second kappa shape index (κ2) is 17.2. The third kappa shape index (κ3) is 7.96. The lowest BCUT2D eigenvalue weighted by atomic mass is 9.96. The van der Waals surface area contributed by atoms with E-state index in [4.69, 9.17) is 15.0 Å². The number of fused-ring (bicyclic) bond motifs is 6. The van der Waals surface area contributed by atoms with Crippen LogP contribution in [0.5, 0.6) is 0 Å². The zero-order chi connectivity index (χ0) is 49.5. The molecule has 0 unspecified atom stereocenters. The van der Waals surface area contributed by atoms with Crippen LogP contribution in [0.2, 0.25) is 0 Å². The van der Waals surface area contributed by atoms with Gasteiger partial charge in [0.15, 0.2) is 17.5 Å².